The van der Waals surface area contributed by atoms with Crippen LogP contribution in [-0.2, 0) is 0 Å². The van der Waals surface area contributed by atoms with Gasteiger partial charge in [0.1, 0.15) is 17.0 Å². The van der Waals surface area contributed by atoms with E-state index >= 15 is 0 Å². The van der Waals surface area contributed by atoms with Gasteiger partial charge in [0.25, 0.3) is 0 Å². The van der Waals surface area contributed by atoms with Crippen LogP contribution < -0.4 is 0 Å². The second kappa shape index (κ2) is 3.79. The van der Waals surface area contributed by atoms with Crippen molar-refractivity contribution in [3.05, 3.63) is 27.2 Å². The molecule has 6 heteroatoms. The van der Waals surface area contributed by atoms with Crippen LogP contribution in [-0.4, -0.2) is 16.2 Å². The van der Waals surface area contributed by atoms with Crippen molar-refractivity contribution >= 4 is 33.2 Å². The smallest absolute Gasteiger partial charge is 0.341 e. The lowest BCUT2D eigenvalue weighted by Gasteiger charge is -1.92. The van der Waals surface area contributed by atoms with Crippen molar-refractivity contribution < 1.29 is 14.4 Å². The lowest BCUT2D eigenvalue weighted by Crippen LogP contribution is -1.98. The van der Waals surface area contributed by atoms with Gasteiger partial charge in [0.2, 0.25) is 0 Å². The quantitative estimate of drug-likeness (QED) is 0.921. The lowest BCUT2D eigenvalue weighted by atomic mass is 10.2. The minimum absolute atomic E-state index is 0.129. The van der Waals surface area contributed by atoms with Gasteiger partial charge in [0.15, 0.2) is 0 Å². The third-order valence-electron chi connectivity index (χ3n) is 1.88. The molecule has 4 nitrogen and oxygen atoms in total. The van der Waals surface area contributed by atoms with E-state index in [9.17, 15) is 4.79 Å². The molecule has 0 aliphatic rings. The standard InChI is InChI=1S/C9H6BrNO3S/c1-4-7(9(12)13)8(11-14-4)5-2-3-6(10)15-5/h2-3H,1H3,(H,12,13). The highest BCUT2D eigenvalue weighted by molar-refractivity contribution is 9.11. The Hall–Kier alpha value is -1.14. The first kappa shape index (κ1) is 10.4. The van der Waals surface area contributed by atoms with Crippen LogP contribution >= 0.6 is 27.3 Å². The minimum Gasteiger partial charge on any atom is -0.477 e. The van der Waals surface area contributed by atoms with Crippen LogP contribution in [0.5, 0.6) is 0 Å². The van der Waals surface area contributed by atoms with Crippen LogP contribution in [0.25, 0.3) is 10.6 Å². The van der Waals surface area contributed by atoms with Crippen LogP contribution in [0.1, 0.15) is 16.1 Å². The Morgan fingerprint density at radius 3 is 2.87 bits per heavy atom. The van der Waals surface area contributed by atoms with Gasteiger partial charge >= 0.3 is 5.97 Å². The van der Waals surface area contributed by atoms with E-state index in [0.717, 1.165) is 8.66 Å². The largest absolute Gasteiger partial charge is 0.477 e. The summed E-state index contributed by atoms with van der Waals surface area (Å²) in [4.78, 5) is 11.8. The molecule has 0 aromatic carbocycles. The normalized spacial score (nSPS) is 10.5. The molecule has 2 rings (SSSR count). The maximum absolute atomic E-state index is 11.0. The molecule has 0 saturated carbocycles. The van der Waals surface area contributed by atoms with Gasteiger partial charge in [-0.05, 0) is 35.0 Å². The molecule has 0 spiro atoms. The van der Waals surface area contributed by atoms with Crippen molar-refractivity contribution in [2.24, 2.45) is 0 Å². The van der Waals surface area contributed by atoms with E-state index < -0.39 is 5.97 Å². The highest BCUT2D eigenvalue weighted by Crippen LogP contribution is 2.33. The number of thiophene rings is 1. The summed E-state index contributed by atoms with van der Waals surface area (Å²) in [5, 5.41) is 12.8. The van der Waals surface area contributed by atoms with Gasteiger partial charge in [0.05, 0.1) is 8.66 Å². The van der Waals surface area contributed by atoms with Crippen molar-refractivity contribution in [2.75, 3.05) is 0 Å². The predicted octanol–water partition coefficient (Wildman–Crippen LogP) is 3.17. The number of aryl methyl sites for hydroxylation is 1. The molecule has 2 heterocycles. The molecule has 2 aromatic rings. The van der Waals surface area contributed by atoms with Gasteiger partial charge in [-0.2, -0.15) is 0 Å². The first-order valence-electron chi connectivity index (χ1n) is 4.05. The zero-order chi connectivity index (χ0) is 11.0. The number of aromatic carboxylic acids is 1. The number of hydrogen-bond acceptors (Lipinski definition) is 4. The van der Waals surface area contributed by atoms with E-state index in [1.165, 1.54) is 11.3 Å². The van der Waals surface area contributed by atoms with Crippen molar-refractivity contribution in [2.45, 2.75) is 6.92 Å². The van der Waals surface area contributed by atoms with Gasteiger partial charge in [-0.25, -0.2) is 4.79 Å². The molecule has 2 aromatic heterocycles. The molecule has 0 fully saturated rings. The molecule has 15 heavy (non-hydrogen) atoms. The van der Waals surface area contributed by atoms with E-state index in [2.05, 4.69) is 21.1 Å². The summed E-state index contributed by atoms with van der Waals surface area (Å²) in [6.45, 7) is 1.59. The second-order valence-corrected chi connectivity index (χ2v) is 5.33. The molecular formula is C9H6BrNO3S. The van der Waals surface area contributed by atoms with Crippen LogP contribution in [0, 0.1) is 6.92 Å². The fourth-order valence-electron chi connectivity index (χ4n) is 1.23. The van der Waals surface area contributed by atoms with Crippen molar-refractivity contribution in [1.82, 2.24) is 5.16 Å². The zero-order valence-electron chi connectivity index (χ0n) is 7.65. The Balaban J connectivity index is 2.58. The second-order valence-electron chi connectivity index (χ2n) is 2.87. The number of halogens is 1. The summed E-state index contributed by atoms with van der Waals surface area (Å²) in [7, 11) is 0. The van der Waals surface area contributed by atoms with E-state index in [-0.39, 0.29) is 5.56 Å². The summed E-state index contributed by atoms with van der Waals surface area (Å²) in [6.07, 6.45) is 0. The van der Waals surface area contributed by atoms with Crippen LogP contribution in [0.4, 0.5) is 0 Å². The fourth-order valence-corrected chi connectivity index (χ4v) is 2.61. The molecule has 0 radical (unpaired) electrons. The number of carboxylic acid groups (broad SMARTS) is 1. The molecule has 78 valence electrons. The first-order chi connectivity index (χ1) is 7.09. The van der Waals surface area contributed by atoms with Crippen molar-refractivity contribution in [1.29, 1.82) is 0 Å². The number of carboxylic acids is 1. The van der Waals surface area contributed by atoms with Gasteiger partial charge in [-0.1, -0.05) is 5.16 Å². The maximum Gasteiger partial charge on any atom is 0.341 e. The van der Waals surface area contributed by atoms with E-state index in [4.69, 9.17) is 9.63 Å². The van der Waals surface area contributed by atoms with Gasteiger partial charge in [0, 0.05) is 0 Å². The highest BCUT2D eigenvalue weighted by atomic mass is 79.9. The third-order valence-corrected chi connectivity index (χ3v) is 3.51. The predicted molar refractivity (Wildman–Crippen MR) is 59.2 cm³/mol. The van der Waals surface area contributed by atoms with Crippen LogP contribution in [0.2, 0.25) is 0 Å². The Bertz CT molecular complexity index is 517. The van der Waals surface area contributed by atoms with E-state index in [1.54, 1.807) is 13.0 Å². The monoisotopic (exact) mass is 287 g/mol. The summed E-state index contributed by atoms with van der Waals surface area (Å²) in [6, 6.07) is 3.65. The number of carbonyl (C=O) groups is 1. The minimum atomic E-state index is -1.02. The molecule has 0 aliphatic carbocycles. The fraction of sp³-hybridized carbons (Fsp3) is 0.111. The third kappa shape index (κ3) is 1.82. The van der Waals surface area contributed by atoms with Crippen molar-refractivity contribution in [3.63, 3.8) is 0 Å². The number of rotatable bonds is 2. The lowest BCUT2D eigenvalue weighted by molar-refractivity contribution is 0.0696. The van der Waals surface area contributed by atoms with Crippen molar-refractivity contribution in [3.8, 4) is 10.6 Å². The summed E-state index contributed by atoms with van der Waals surface area (Å²) in [5.41, 5.74) is 0.514. The number of aromatic nitrogens is 1. The zero-order valence-corrected chi connectivity index (χ0v) is 10.1. The van der Waals surface area contributed by atoms with E-state index in [0.29, 0.717) is 11.5 Å². The Morgan fingerprint density at radius 2 is 2.33 bits per heavy atom. The average Bonchev–Trinajstić information content (AvgIpc) is 2.71. The molecule has 0 unspecified atom stereocenters. The van der Waals surface area contributed by atoms with Crippen LogP contribution in [0.15, 0.2) is 20.4 Å². The summed E-state index contributed by atoms with van der Waals surface area (Å²) in [5.74, 6) is -0.699. The molecule has 0 atom stereocenters. The summed E-state index contributed by atoms with van der Waals surface area (Å²) >= 11 is 4.73. The van der Waals surface area contributed by atoms with Gasteiger partial charge < -0.3 is 9.63 Å². The highest BCUT2D eigenvalue weighted by Gasteiger charge is 2.21. The molecular weight excluding hydrogens is 282 g/mol. The Morgan fingerprint density at radius 1 is 1.60 bits per heavy atom. The summed E-state index contributed by atoms with van der Waals surface area (Å²) < 4.78 is 5.81. The number of nitrogens with zero attached hydrogens (tertiary/aromatic N) is 1. The SMILES string of the molecule is Cc1onc(-c2ccc(Br)s2)c1C(=O)O. The topological polar surface area (TPSA) is 63.3 Å². The Kier molecular flexibility index (Phi) is 2.62. The number of hydrogen-bond donors (Lipinski definition) is 1. The Labute approximate surface area is 97.6 Å². The maximum atomic E-state index is 11.0. The average molecular weight is 288 g/mol. The van der Waals surface area contributed by atoms with Gasteiger partial charge in [-0.15, -0.1) is 11.3 Å². The molecule has 0 saturated heterocycles. The molecule has 1 N–H and O–H groups in total. The van der Waals surface area contributed by atoms with Crippen LogP contribution in [0.3, 0.4) is 0 Å². The molecule has 0 amide bonds. The molecule has 0 aliphatic heterocycles. The van der Waals surface area contributed by atoms with E-state index in [1.807, 2.05) is 6.07 Å². The molecule has 0 bridgehead atoms. The van der Waals surface area contributed by atoms with Gasteiger partial charge in [-0.3, -0.25) is 0 Å². The first-order valence-corrected chi connectivity index (χ1v) is 5.66.